The number of hydrogen-bond acceptors (Lipinski definition) is 3. The van der Waals surface area contributed by atoms with Crippen LogP contribution < -0.4 is 34.7 Å². The first-order valence-electron chi connectivity index (χ1n) is 3.16. The van der Waals surface area contributed by atoms with Crippen LogP contribution in [0.15, 0.2) is 24.3 Å². The van der Waals surface area contributed by atoms with Gasteiger partial charge in [-0.05, 0) is 22.7 Å². The van der Waals surface area contributed by atoms with E-state index in [1.165, 1.54) is 24.3 Å². The Morgan fingerprint density at radius 2 is 1.92 bits per heavy atom. The van der Waals surface area contributed by atoms with Crippen LogP contribution in [0, 0.1) is 0 Å². The molecule has 0 unspecified atom stereocenters. The molecule has 0 amide bonds. The van der Waals surface area contributed by atoms with Gasteiger partial charge in [0.1, 0.15) is 0 Å². The minimum absolute atomic E-state index is 0. The van der Waals surface area contributed by atoms with Crippen molar-refractivity contribution in [3.63, 3.8) is 0 Å². The van der Waals surface area contributed by atoms with Crippen molar-refractivity contribution in [1.82, 2.24) is 0 Å². The van der Waals surface area contributed by atoms with E-state index in [2.05, 4.69) is 12.2 Å². The summed E-state index contributed by atoms with van der Waals surface area (Å²) in [7, 11) is 0. The van der Waals surface area contributed by atoms with E-state index < -0.39 is 11.0 Å². The predicted octanol–water partition coefficient (Wildman–Crippen LogP) is -2.58. The van der Waals surface area contributed by atoms with Crippen molar-refractivity contribution in [2.24, 2.45) is 0 Å². The van der Waals surface area contributed by atoms with Crippen molar-refractivity contribution < 1.29 is 44.6 Å². The normalized spacial score (nSPS) is 8.62. The molecule has 3 nitrogen and oxygen atoms in total. The maximum atomic E-state index is 10.6. The summed E-state index contributed by atoms with van der Waals surface area (Å²) in [5.74, 6) is -1.06. The molecular formula is C8H5NaO3S. The average Bonchev–Trinajstić information content (AvgIpc) is 2.04. The first kappa shape index (κ1) is 12.6. The van der Waals surface area contributed by atoms with Gasteiger partial charge in [0.15, 0.2) is 0 Å². The Morgan fingerprint density at radius 3 is 2.38 bits per heavy atom. The van der Waals surface area contributed by atoms with Crippen molar-refractivity contribution in [3.05, 3.63) is 35.4 Å². The van der Waals surface area contributed by atoms with Gasteiger partial charge in [-0.1, -0.05) is 24.4 Å². The smallest absolute Gasteiger partial charge is 0.864 e. The zero-order valence-corrected chi connectivity index (χ0v) is 9.80. The van der Waals surface area contributed by atoms with E-state index in [-0.39, 0.29) is 40.7 Å². The Bertz CT molecular complexity index is 309. The Kier molecular flexibility index (Phi) is 5.17. The van der Waals surface area contributed by atoms with E-state index in [1.54, 1.807) is 0 Å². The largest absolute Gasteiger partial charge is 1.00 e. The van der Waals surface area contributed by atoms with Crippen molar-refractivity contribution in [3.8, 4) is 0 Å². The van der Waals surface area contributed by atoms with Gasteiger partial charge < -0.3 is 10.2 Å². The van der Waals surface area contributed by atoms with Gasteiger partial charge in [0.05, 0.1) is 5.56 Å². The van der Waals surface area contributed by atoms with Gasteiger partial charge in [0, 0.05) is 0 Å². The molecule has 13 heavy (non-hydrogen) atoms. The monoisotopic (exact) mass is 204 g/mol. The second-order valence-electron chi connectivity index (χ2n) is 2.17. The van der Waals surface area contributed by atoms with Crippen molar-refractivity contribution in [2.75, 3.05) is 0 Å². The molecule has 0 spiro atoms. The van der Waals surface area contributed by atoms with E-state index >= 15 is 0 Å². The van der Waals surface area contributed by atoms with Gasteiger partial charge in [-0.3, -0.25) is 0 Å². The van der Waals surface area contributed by atoms with Crippen LogP contribution in [0.5, 0.6) is 0 Å². The summed E-state index contributed by atoms with van der Waals surface area (Å²) in [6.45, 7) is 0. The molecule has 0 saturated heterocycles. The Morgan fingerprint density at radius 1 is 1.38 bits per heavy atom. The molecule has 0 heterocycles. The second-order valence-corrected chi connectivity index (χ2v) is 2.54. The summed E-state index contributed by atoms with van der Waals surface area (Å²) in [4.78, 5) is 10.4. The molecule has 1 N–H and O–H groups in total. The number of thiocarbonyl (C=S) groups is 1. The number of aromatic carboxylic acids is 1. The van der Waals surface area contributed by atoms with Crippen LogP contribution in [-0.4, -0.2) is 16.1 Å². The van der Waals surface area contributed by atoms with Crippen LogP contribution in [0.2, 0.25) is 0 Å². The molecule has 1 rings (SSSR count). The molecule has 0 radical (unpaired) electrons. The maximum Gasteiger partial charge on any atom is 1.00 e. The summed E-state index contributed by atoms with van der Waals surface area (Å²) >= 11 is 4.36. The first-order chi connectivity index (χ1) is 5.61. The molecule has 0 saturated carbocycles. The number of rotatable bonds is 2. The summed E-state index contributed by atoms with van der Waals surface area (Å²) in [5.41, 5.74) is 0.315. The zero-order valence-electron chi connectivity index (χ0n) is 6.98. The molecule has 0 aromatic heterocycles. The zero-order chi connectivity index (χ0) is 9.14. The third-order valence-electron chi connectivity index (χ3n) is 1.35. The fraction of sp³-hybridized carbons (Fsp3) is 0. The van der Waals surface area contributed by atoms with E-state index in [0.717, 1.165) is 0 Å². The Balaban J connectivity index is 0.00000144. The standard InChI is InChI=1S/C8H6O3S.Na/c9-7(10)5-2-1-3-6(4-5)8(11)12;/h1-4H,(H,9,10)(H,11,12);/q;+1/p-1. The summed E-state index contributed by atoms with van der Waals surface area (Å²) in [5, 5.41) is 18.6. The van der Waals surface area contributed by atoms with Gasteiger partial charge in [-0.15, -0.1) is 0 Å². The van der Waals surface area contributed by atoms with Crippen molar-refractivity contribution >= 4 is 23.2 Å². The summed E-state index contributed by atoms with van der Waals surface area (Å²) in [6.07, 6.45) is 0. The van der Waals surface area contributed by atoms with E-state index in [1.807, 2.05) is 0 Å². The van der Waals surface area contributed by atoms with Crippen LogP contribution in [0.1, 0.15) is 15.9 Å². The third kappa shape index (κ3) is 3.44. The molecular weight excluding hydrogens is 199 g/mol. The third-order valence-corrected chi connectivity index (χ3v) is 1.58. The Hall–Kier alpha value is -0.420. The molecule has 62 valence electrons. The molecule has 0 aliphatic carbocycles. The minimum Gasteiger partial charge on any atom is -0.864 e. The van der Waals surface area contributed by atoms with Crippen molar-refractivity contribution in [2.45, 2.75) is 0 Å². The summed E-state index contributed by atoms with van der Waals surface area (Å²) in [6, 6.07) is 5.65. The van der Waals surface area contributed by atoms with Crippen molar-refractivity contribution in [1.29, 1.82) is 0 Å². The first-order valence-corrected chi connectivity index (χ1v) is 3.57. The number of benzene rings is 1. The van der Waals surface area contributed by atoms with E-state index in [4.69, 9.17) is 5.11 Å². The predicted molar refractivity (Wildman–Crippen MR) is 45.1 cm³/mol. The molecule has 0 atom stereocenters. The number of hydrogen-bond donors (Lipinski definition) is 1. The van der Waals surface area contributed by atoms with Crippen LogP contribution in [0.25, 0.3) is 0 Å². The van der Waals surface area contributed by atoms with Gasteiger partial charge >= 0.3 is 35.5 Å². The molecule has 0 bridgehead atoms. The van der Waals surface area contributed by atoms with E-state index in [9.17, 15) is 9.90 Å². The minimum atomic E-state index is -1.06. The van der Waals surface area contributed by atoms with Gasteiger partial charge in [-0.2, -0.15) is 0 Å². The van der Waals surface area contributed by atoms with Crippen LogP contribution in [-0.2, 0) is 0 Å². The molecule has 0 fully saturated rings. The second kappa shape index (κ2) is 5.34. The quantitative estimate of drug-likeness (QED) is 0.425. The topological polar surface area (TPSA) is 60.4 Å². The molecule has 0 aliphatic heterocycles. The van der Waals surface area contributed by atoms with Gasteiger partial charge in [0.2, 0.25) is 0 Å². The van der Waals surface area contributed by atoms with Crippen LogP contribution in [0.3, 0.4) is 0 Å². The molecule has 1 aromatic rings. The van der Waals surface area contributed by atoms with Gasteiger partial charge in [0.25, 0.3) is 0 Å². The number of carbonyl (C=O) groups is 1. The van der Waals surface area contributed by atoms with Crippen LogP contribution in [0.4, 0.5) is 0 Å². The van der Waals surface area contributed by atoms with Crippen LogP contribution >= 0.6 is 12.2 Å². The number of carboxylic acids is 1. The fourth-order valence-corrected chi connectivity index (χ4v) is 0.906. The molecule has 1 aromatic carbocycles. The summed E-state index contributed by atoms with van der Waals surface area (Å²) < 4.78 is 0. The SMILES string of the molecule is O=C(O)c1cccc(C([O-])=S)c1.[Na+]. The Labute approximate surface area is 103 Å². The average molecular weight is 204 g/mol. The van der Waals surface area contributed by atoms with E-state index in [0.29, 0.717) is 0 Å². The molecule has 5 heteroatoms. The van der Waals surface area contributed by atoms with Gasteiger partial charge in [-0.25, -0.2) is 4.79 Å². The maximum absolute atomic E-state index is 10.6. The molecule has 0 aliphatic rings. The number of carboxylic acid groups (broad SMARTS) is 1. The fourth-order valence-electron chi connectivity index (χ4n) is 0.779.